The summed E-state index contributed by atoms with van der Waals surface area (Å²) < 4.78 is 7.92. The normalized spacial score (nSPS) is 22.1. The van der Waals surface area contributed by atoms with Gasteiger partial charge in [0, 0.05) is 32.4 Å². The van der Waals surface area contributed by atoms with Crippen LogP contribution < -0.4 is 5.73 Å². The van der Waals surface area contributed by atoms with E-state index in [-0.39, 0.29) is 0 Å². The molecule has 0 spiro atoms. The Morgan fingerprint density at radius 2 is 1.95 bits per heavy atom. The van der Waals surface area contributed by atoms with Crippen molar-refractivity contribution in [1.29, 1.82) is 0 Å². The van der Waals surface area contributed by atoms with Gasteiger partial charge in [-0.25, -0.2) is 0 Å². The first-order valence-electron chi connectivity index (χ1n) is 8.43. The smallest absolute Gasteiger partial charge is 0.0764 e. The second-order valence-corrected chi connectivity index (χ2v) is 6.36. The fraction of sp³-hybridized carbons (Fsp3) is 0.812. The van der Waals surface area contributed by atoms with E-state index in [0.717, 1.165) is 32.5 Å². The van der Waals surface area contributed by atoms with E-state index in [1.54, 1.807) is 0 Å². The van der Waals surface area contributed by atoms with Gasteiger partial charge < -0.3 is 10.5 Å². The van der Waals surface area contributed by atoms with E-state index in [0.29, 0.717) is 25.3 Å². The van der Waals surface area contributed by atoms with E-state index in [2.05, 4.69) is 21.8 Å². The molecule has 5 heteroatoms. The predicted octanol–water partition coefficient (Wildman–Crippen LogP) is 1.94. The van der Waals surface area contributed by atoms with Gasteiger partial charge in [-0.15, -0.1) is 0 Å². The van der Waals surface area contributed by atoms with Crippen LogP contribution in [-0.4, -0.2) is 47.0 Å². The summed E-state index contributed by atoms with van der Waals surface area (Å²) in [7, 11) is 0. The molecule has 2 N–H and O–H groups in total. The molecule has 118 valence electrons. The lowest BCUT2D eigenvalue weighted by molar-refractivity contribution is 0.00950. The molecular weight excluding hydrogens is 264 g/mol. The molecule has 3 rings (SSSR count). The van der Waals surface area contributed by atoms with Gasteiger partial charge in [0.05, 0.1) is 24.4 Å². The fourth-order valence-corrected chi connectivity index (χ4v) is 3.53. The third kappa shape index (κ3) is 4.05. The number of nitrogens with zero attached hydrogens (tertiary/aromatic N) is 3. The van der Waals surface area contributed by atoms with Crippen molar-refractivity contribution in [2.45, 2.75) is 57.2 Å². The number of hydrogen-bond donors (Lipinski definition) is 1. The lowest BCUT2D eigenvalue weighted by Crippen LogP contribution is -2.37. The second kappa shape index (κ2) is 7.38. The van der Waals surface area contributed by atoms with E-state index in [4.69, 9.17) is 15.6 Å². The van der Waals surface area contributed by atoms with Crippen molar-refractivity contribution in [2.75, 3.05) is 26.2 Å². The average molecular weight is 292 g/mol. The molecule has 0 radical (unpaired) electrons. The van der Waals surface area contributed by atoms with Crippen molar-refractivity contribution in [3.63, 3.8) is 0 Å². The van der Waals surface area contributed by atoms with Crippen molar-refractivity contribution in [2.24, 2.45) is 5.73 Å². The van der Waals surface area contributed by atoms with E-state index < -0.39 is 0 Å². The Balaban J connectivity index is 1.45. The summed E-state index contributed by atoms with van der Waals surface area (Å²) in [6.45, 7) is 4.50. The summed E-state index contributed by atoms with van der Waals surface area (Å²) in [6.07, 6.45) is 10.1. The Bertz CT molecular complexity index is 420. The highest BCUT2D eigenvalue weighted by Crippen LogP contribution is 2.28. The van der Waals surface area contributed by atoms with Crippen molar-refractivity contribution in [3.05, 3.63) is 18.0 Å². The van der Waals surface area contributed by atoms with Gasteiger partial charge in [0.1, 0.15) is 0 Å². The molecule has 1 aliphatic heterocycles. The summed E-state index contributed by atoms with van der Waals surface area (Å²) in [5.41, 5.74) is 6.69. The number of rotatable bonds is 6. The van der Waals surface area contributed by atoms with Gasteiger partial charge in [-0.1, -0.05) is 12.8 Å². The fourth-order valence-electron chi connectivity index (χ4n) is 3.53. The standard InChI is InChI=1S/C16H28N4O/c17-8-12-21-16-6-9-19(10-7-16)13-14-5-11-20(18-14)15-3-1-2-4-15/h5,11,15-16H,1-4,6-10,12-13,17H2. The average Bonchev–Trinajstić information content (AvgIpc) is 3.17. The maximum atomic E-state index is 5.73. The number of nitrogens with two attached hydrogens (primary N) is 1. The molecule has 0 atom stereocenters. The van der Waals surface area contributed by atoms with Gasteiger partial charge in [0.25, 0.3) is 0 Å². The summed E-state index contributed by atoms with van der Waals surface area (Å²) in [5.74, 6) is 0. The van der Waals surface area contributed by atoms with Crippen LogP contribution in [0.3, 0.4) is 0 Å². The SMILES string of the molecule is NCCOC1CCN(Cc2ccn(C3CCCC3)n2)CC1. The minimum Gasteiger partial charge on any atom is -0.377 e. The number of ether oxygens (including phenoxy) is 1. The Labute approximate surface area is 127 Å². The third-order valence-electron chi connectivity index (χ3n) is 4.75. The van der Waals surface area contributed by atoms with Crippen LogP contribution in [0.4, 0.5) is 0 Å². The minimum atomic E-state index is 0.404. The molecule has 2 heterocycles. The molecule has 5 nitrogen and oxygen atoms in total. The van der Waals surface area contributed by atoms with Crippen LogP contribution >= 0.6 is 0 Å². The first-order valence-corrected chi connectivity index (χ1v) is 8.43. The third-order valence-corrected chi connectivity index (χ3v) is 4.75. The van der Waals surface area contributed by atoms with Crippen LogP contribution in [0.5, 0.6) is 0 Å². The van der Waals surface area contributed by atoms with Gasteiger partial charge in [0.2, 0.25) is 0 Å². The summed E-state index contributed by atoms with van der Waals surface area (Å²) >= 11 is 0. The molecule has 1 aliphatic carbocycles. The quantitative estimate of drug-likeness (QED) is 0.870. The largest absolute Gasteiger partial charge is 0.377 e. The molecule has 0 bridgehead atoms. The Kier molecular flexibility index (Phi) is 5.27. The maximum Gasteiger partial charge on any atom is 0.0764 e. The molecule has 1 saturated carbocycles. The van der Waals surface area contributed by atoms with E-state index >= 15 is 0 Å². The predicted molar refractivity (Wildman–Crippen MR) is 83.0 cm³/mol. The van der Waals surface area contributed by atoms with Crippen LogP contribution in [-0.2, 0) is 11.3 Å². The van der Waals surface area contributed by atoms with Crippen LogP contribution in [0.1, 0.15) is 50.3 Å². The highest BCUT2D eigenvalue weighted by molar-refractivity contribution is 5.00. The monoisotopic (exact) mass is 292 g/mol. The van der Waals surface area contributed by atoms with Crippen molar-refractivity contribution < 1.29 is 4.74 Å². The topological polar surface area (TPSA) is 56.3 Å². The molecule has 0 amide bonds. The highest BCUT2D eigenvalue weighted by Gasteiger charge is 2.21. The maximum absolute atomic E-state index is 5.73. The lowest BCUT2D eigenvalue weighted by atomic mass is 10.1. The molecule has 1 aromatic rings. The molecule has 2 aliphatic rings. The van der Waals surface area contributed by atoms with Gasteiger partial charge in [0.15, 0.2) is 0 Å². The van der Waals surface area contributed by atoms with Crippen LogP contribution in [0.25, 0.3) is 0 Å². The van der Waals surface area contributed by atoms with E-state index in [9.17, 15) is 0 Å². The zero-order chi connectivity index (χ0) is 14.5. The Hall–Kier alpha value is -0.910. The zero-order valence-electron chi connectivity index (χ0n) is 12.9. The molecule has 0 unspecified atom stereocenters. The number of likely N-dealkylation sites (tertiary alicyclic amines) is 1. The zero-order valence-corrected chi connectivity index (χ0v) is 12.9. The summed E-state index contributed by atoms with van der Waals surface area (Å²) in [5, 5.41) is 4.78. The van der Waals surface area contributed by atoms with Gasteiger partial charge >= 0.3 is 0 Å². The summed E-state index contributed by atoms with van der Waals surface area (Å²) in [6, 6.07) is 2.84. The number of hydrogen-bond acceptors (Lipinski definition) is 4. The van der Waals surface area contributed by atoms with Crippen molar-refractivity contribution >= 4 is 0 Å². The van der Waals surface area contributed by atoms with Gasteiger partial charge in [-0.2, -0.15) is 5.10 Å². The Morgan fingerprint density at radius 3 is 2.67 bits per heavy atom. The van der Waals surface area contributed by atoms with Gasteiger partial charge in [-0.05, 0) is 31.7 Å². The Morgan fingerprint density at radius 1 is 1.19 bits per heavy atom. The molecule has 0 aromatic carbocycles. The van der Waals surface area contributed by atoms with E-state index in [1.807, 2.05) is 0 Å². The van der Waals surface area contributed by atoms with Crippen molar-refractivity contribution in [3.8, 4) is 0 Å². The van der Waals surface area contributed by atoms with Crippen molar-refractivity contribution in [1.82, 2.24) is 14.7 Å². The summed E-state index contributed by atoms with van der Waals surface area (Å²) in [4.78, 5) is 2.49. The minimum absolute atomic E-state index is 0.404. The molecule has 2 fully saturated rings. The van der Waals surface area contributed by atoms with Gasteiger partial charge in [-0.3, -0.25) is 9.58 Å². The highest BCUT2D eigenvalue weighted by atomic mass is 16.5. The molecule has 1 saturated heterocycles. The van der Waals surface area contributed by atoms with Crippen LogP contribution in [0.15, 0.2) is 12.3 Å². The van der Waals surface area contributed by atoms with E-state index in [1.165, 1.54) is 31.4 Å². The molecule has 21 heavy (non-hydrogen) atoms. The van der Waals surface area contributed by atoms with Crippen LogP contribution in [0.2, 0.25) is 0 Å². The first-order chi connectivity index (χ1) is 10.3. The van der Waals surface area contributed by atoms with Crippen LogP contribution in [0, 0.1) is 0 Å². The number of piperidine rings is 1. The molecule has 1 aromatic heterocycles. The molecular formula is C16H28N4O. The second-order valence-electron chi connectivity index (χ2n) is 6.36. The lowest BCUT2D eigenvalue weighted by Gasteiger charge is -2.31. The first kappa shape index (κ1) is 15.0. The number of aromatic nitrogens is 2.